The van der Waals surface area contributed by atoms with Gasteiger partial charge in [0, 0.05) is 12.6 Å². The molecule has 6 nitrogen and oxygen atoms in total. The van der Waals surface area contributed by atoms with Crippen LogP contribution >= 0.6 is 0 Å². The number of carboxylic acid groups (broad SMARTS) is 1. The van der Waals surface area contributed by atoms with E-state index in [4.69, 9.17) is 9.84 Å². The number of carboxylic acids is 1. The van der Waals surface area contributed by atoms with Gasteiger partial charge in [0.2, 0.25) is 0 Å². The summed E-state index contributed by atoms with van der Waals surface area (Å²) in [5, 5.41) is 17.0. The Labute approximate surface area is 110 Å². The molecule has 0 spiro atoms. The first-order valence-corrected chi connectivity index (χ1v) is 5.89. The Morgan fingerprint density at radius 2 is 1.89 bits per heavy atom. The fraction of sp³-hybridized carbons (Fsp3) is 0.308. The highest BCUT2D eigenvalue weighted by Gasteiger charge is 2.18. The van der Waals surface area contributed by atoms with Crippen molar-refractivity contribution in [1.29, 1.82) is 0 Å². The van der Waals surface area contributed by atoms with E-state index >= 15 is 0 Å². The predicted octanol–water partition coefficient (Wildman–Crippen LogP) is 1.97. The molecule has 0 aliphatic rings. The van der Waals surface area contributed by atoms with Gasteiger partial charge < -0.3 is 9.84 Å². The minimum atomic E-state index is -1.09. The molecule has 0 aliphatic heterocycles. The third kappa shape index (κ3) is 2.90. The zero-order valence-electron chi connectivity index (χ0n) is 11.0. The van der Waals surface area contributed by atoms with Crippen molar-refractivity contribution in [3.63, 3.8) is 0 Å². The van der Waals surface area contributed by atoms with Crippen LogP contribution in [-0.2, 0) is 7.05 Å². The second kappa shape index (κ2) is 5.09. The summed E-state index contributed by atoms with van der Waals surface area (Å²) in [7, 11) is 1.59. The average Bonchev–Trinajstić information content (AvgIpc) is 2.72. The lowest BCUT2D eigenvalue weighted by molar-refractivity contribution is 0.0690. The van der Waals surface area contributed by atoms with Crippen LogP contribution in [0, 0.1) is 0 Å². The SMILES string of the molecule is CC(C)Oc1ccc(-c2nn(C)nc2C(=O)O)cc1. The van der Waals surface area contributed by atoms with Crippen molar-refractivity contribution in [3.8, 4) is 17.0 Å². The van der Waals surface area contributed by atoms with E-state index in [1.807, 2.05) is 13.8 Å². The van der Waals surface area contributed by atoms with Crippen molar-refractivity contribution < 1.29 is 14.6 Å². The zero-order chi connectivity index (χ0) is 14.0. The summed E-state index contributed by atoms with van der Waals surface area (Å²) in [6.07, 6.45) is 0.0944. The molecule has 1 heterocycles. The Morgan fingerprint density at radius 3 is 2.42 bits per heavy atom. The van der Waals surface area contributed by atoms with Gasteiger partial charge in [-0.2, -0.15) is 9.90 Å². The van der Waals surface area contributed by atoms with E-state index in [1.54, 1.807) is 31.3 Å². The zero-order valence-corrected chi connectivity index (χ0v) is 11.0. The van der Waals surface area contributed by atoms with Crippen LogP contribution in [0.25, 0.3) is 11.3 Å². The van der Waals surface area contributed by atoms with Gasteiger partial charge in [-0.1, -0.05) is 0 Å². The van der Waals surface area contributed by atoms with Crippen molar-refractivity contribution in [3.05, 3.63) is 30.0 Å². The number of rotatable bonds is 4. The first-order chi connectivity index (χ1) is 8.97. The summed E-state index contributed by atoms with van der Waals surface area (Å²) < 4.78 is 5.53. The minimum Gasteiger partial charge on any atom is -0.491 e. The number of benzene rings is 1. The first-order valence-electron chi connectivity index (χ1n) is 5.89. The van der Waals surface area contributed by atoms with E-state index in [0.717, 1.165) is 5.75 Å². The van der Waals surface area contributed by atoms with Crippen LogP contribution in [0.5, 0.6) is 5.75 Å². The monoisotopic (exact) mass is 261 g/mol. The van der Waals surface area contributed by atoms with Crippen LogP contribution in [0.2, 0.25) is 0 Å². The molecule has 0 atom stereocenters. The number of aromatic nitrogens is 3. The average molecular weight is 261 g/mol. The molecule has 0 bridgehead atoms. The molecule has 1 N–H and O–H groups in total. The van der Waals surface area contributed by atoms with Gasteiger partial charge in [0.1, 0.15) is 11.4 Å². The van der Waals surface area contributed by atoms with E-state index in [9.17, 15) is 4.79 Å². The van der Waals surface area contributed by atoms with E-state index in [-0.39, 0.29) is 11.8 Å². The summed E-state index contributed by atoms with van der Waals surface area (Å²) in [6, 6.07) is 7.12. The Bertz CT molecular complexity index is 588. The number of hydrogen-bond acceptors (Lipinski definition) is 4. The fourth-order valence-electron chi connectivity index (χ4n) is 1.71. The molecule has 100 valence electrons. The minimum absolute atomic E-state index is 0.0555. The highest BCUT2D eigenvalue weighted by Crippen LogP contribution is 2.23. The molecule has 6 heteroatoms. The molecule has 0 unspecified atom stereocenters. The van der Waals surface area contributed by atoms with E-state index in [2.05, 4.69) is 10.2 Å². The lowest BCUT2D eigenvalue weighted by Gasteiger charge is -2.09. The number of aromatic carboxylic acids is 1. The normalized spacial score (nSPS) is 10.7. The molecule has 0 saturated carbocycles. The largest absolute Gasteiger partial charge is 0.491 e. The third-order valence-electron chi connectivity index (χ3n) is 2.42. The topological polar surface area (TPSA) is 77.2 Å². The molecule has 0 amide bonds. The van der Waals surface area contributed by atoms with Crippen LogP contribution in [0.1, 0.15) is 24.3 Å². The standard InChI is InChI=1S/C13H15N3O3/c1-8(2)19-10-6-4-9(5-7-10)11-12(13(17)18)15-16(3)14-11/h4-8H,1-3H3,(H,17,18). The van der Waals surface area contributed by atoms with Crippen molar-refractivity contribution >= 4 is 5.97 Å². The molecule has 0 aliphatic carbocycles. The number of ether oxygens (including phenoxy) is 1. The maximum absolute atomic E-state index is 11.1. The highest BCUT2D eigenvalue weighted by molar-refractivity contribution is 5.92. The summed E-state index contributed by atoms with van der Waals surface area (Å²) in [5.41, 5.74) is 0.993. The van der Waals surface area contributed by atoms with Crippen molar-refractivity contribution in [2.45, 2.75) is 20.0 Å². The molecule has 1 aromatic carbocycles. The van der Waals surface area contributed by atoms with Gasteiger partial charge in [-0.15, -0.1) is 5.10 Å². The lowest BCUT2D eigenvalue weighted by Crippen LogP contribution is -2.05. The Kier molecular flexibility index (Phi) is 3.50. The highest BCUT2D eigenvalue weighted by atomic mass is 16.5. The van der Waals surface area contributed by atoms with Gasteiger partial charge in [0.15, 0.2) is 5.69 Å². The van der Waals surface area contributed by atoms with Gasteiger partial charge in [-0.3, -0.25) is 0 Å². The number of aryl methyl sites for hydroxylation is 1. The van der Waals surface area contributed by atoms with Crippen molar-refractivity contribution in [2.75, 3.05) is 0 Å². The van der Waals surface area contributed by atoms with Crippen molar-refractivity contribution in [1.82, 2.24) is 15.0 Å². The van der Waals surface area contributed by atoms with Gasteiger partial charge in [0.25, 0.3) is 0 Å². The van der Waals surface area contributed by atoms with Gasteiger partial charge >= 0.3 is 5.97 Å². The molecular formula is C13H15N3O3. The summed E-state index contributed by atoms with van der Waals surface area (Å²) in [6.45, 7) is 3.89. The second-order valence-corrected chi connectivity index (χ2v) is 4.38. The van der Waals surface area contributed by atoms with E-state index in [1.165, 1.54) is 4.80 Å². The number of hydrogen-bond donors (Lipinski definition) is 1. The number of carbonyl (C=O) groups is 1. The predicted molar refractivity (Wildman–Crippen MR) is 69.2 cm³/mol. The molecular weight excluding hydrogens is 246 g/mol. The van der Waals surface area contributed by atoms with Crippen LogP contribution in [0.4, 0.5) is 0 Å². The van der Waals surface area contributed by atoms with Crippen molar-refractivity contribution in [2.24, 2.45) is 7.05 Å². The maximum atomic E-state index is 11.1. The summed E-state index contributed by atoms with van der Waals surface area (Å²) in [4.78, 5) is 12.3. The molecule has 2 aromatic rings. The molecule has 1 aromatic heterocycles. The Hall–Kier alpha value is -2.37. The van der Waals surface area contributed by atoms with Gasteiger partial charge in [-0.25, -0.2) is 4.79 Å². The third-order valence-corrected chi connectivity index (χ3v) is 2.42. The van der Waals surface area contributed by atoms with Gasteiger partial charge in [-0.05, 0) is 38.1 Å². The fourth-order valence-corrected chi connectivity index (χ4v) is 1.71. The molecule has 0 radical (unpaired) electrons. The molecule has 19 heavy (non-hydrogen) atoms. The lowest BCUT2D eigenvalue weighted by atomic mass is 10.1. The van der Waals surface area contributed by atoms with Crippen LogP contribution in [-0.4, -0.2) is 32.2 Å². The summed E-state index contributed by atoms with van der Waals surface area (Å²) >= 11 is 0. The number of nitrogens with zero attached hydrogens (tertiary/aromatic N) is 3. The van der Waals surface area contributed by atoms with E-state index < -0.39 is 5.97 Å². The van der Waals surface area contributed by atoms with Crippen LogP contribution < -0.4 is 4.74 Å². The Morgan fingerprint density at radius 1 is 1.26 bits per heavy atom. The smallest absolute Gasteiger partial charge is 0.358 e. The first kappa shape index (κ1) is 13.1. The molecule has 0 fully saturated rings. The quantitative estimate of drug-likeness (QED) is 0.910. The van der Waals surface area contributed by atoms with E-state index in [0.29, 0.717) is 11.3 Å². The van der Waals surface area contributed by atoms with Crippen LogP contribution in [0.15, 0.2) is 24.3 Å². The van der Waals surface area contributed by atoms with Gasteiger partial charge in [0.05, 0.1) is 6.10 Å². The Balaban J connectivity index is 2.34. The summed E-state index contributed by atoms with van der Waals surface area (Å²) in [5.74, 6) is -0.356. The second-order valence-electron chi connectivity index (χ2n) is 4.38. The molecule has 0 saturated heterocycles. The van der Waals surface area contributed by atoms with Crippen LogP contribution in [0.3, 0.4) is 0 Å². The molecule has 2 rings (SSSR count). The maximum Gasteiger partial charge on any atom is 0.358 e.